The Hall–Kier alpha value is -1.64. The largest absolute Gasteiger partial charge is 0.349 e. The third kappa shape index (κ3) is 3.42. The highest BCUT2D eigenvalue weighted by atomic mass is 16.1. The van der Waals surface area contributed by atoms with E-state index >= 15 is 0 Å². The van der Waals surface area contributed by atoms with Crippen LogP contribution in [0.5, 0.6) is 0 Å². The summed E-state index contributed by atoms with van der Waals surface area (Å²) in [7, 11) is 0. The molecule has 1 fully saturated rings. The molecule has 1 aromatic carbocycles. The van der Waals surface area contributed by atoms with Gasteiger partial charge in [0.05, 0.1) is 0 Å². The zero-order valence-corrected chi connectivity index (χ0v) is 10.5. The zero-order valence-electron chi connectivity index (χ0n) is 10.5. The van der Waals surface area contributed by atoms with Crippen molar-refractivity contribution in [2.24, 2.45) is 0 Å². The van der Waals surface area contributed by atoms with E-state index in [-0.39, 0.29) is 5.91 Å². The summed E-state index contributed by atoms with van der Waals surface area (Å²) in [5, 5.41) is 3.09. The molecular formula is C15H19NO2. The van der Waals surface area contributed by atoms with Crippen LogP contribution in [-0.4, -0.2) is 18.2 Å². The monoisotopic (exact) mass is 245 g/mol. The number of aldehydes is 1. The van der Waals surface area contributed by atoms with Crippen molar-refractivity contribution >= 4 is 12.2 Å². The van der Waals surface area contributed by atoms with Gasteiger partial charge in [-0.15, -0.1) is 0 Å². The Bertz CT molecular complexity index is 403. The van der Waals surface area contributed by atoms with E-state index in [0.29, 0.717) is 17.2 Å². The standard InChI is InChI=1S/C15H19NO2/c17-11-12-7-9-13(10-8-12)15(18)16-14-5-3-1-2-4-6-14/h7-11,14H,1-6H2,(H,16,18). The molecule has 0 aromatic heterocycles. The summed E-state index contributed by atoms with van der Waals surface area (Å²) >= 11 is 0. The van der Waals surface area contributed by atoms with Gasteiger partial charge in [0.2, 0.25) is 0 Å². The molecule has 1 aromatic rings. The molecule has 96 valence electrons. The number of hydrogen-bond acceptors (Lipinski definition) is 2. The molecule has 0 radical (unpaired) electrons. The number of nitrogens with one attached hydrogen (secondary N) is 1. The van der Waals surface area contributed by atoms with Crippen LogP contribution in [0.25, 0.3) is 0 Å². The molecule has 2 rings (SSSR count). The van der Waals surface area contributed by atoms with E-state index in [1.54, 1.807) is 24.3 Å². The predicted octanol–water partition coefficient (Wildman–Crippen LogP) is 2.95. The molecule has 1 aliphatic rings. The molecule has 1 saturated carbocycles. The van der Waals surface area contributed by atoms with Gasteiger partial charge in [-0.05, 0) is 25.0 Å². The molecule has 3 heteroatoms. The minimum Gasteiger partial charge on any atom is -0.349 e. The molecule has 0 bridgehead atoms. The van der Waals surface area contributed by atoms with Gasteiger partial charge in [-0.1, -0.05) is 37.8 Å². The highest BCUT2D eigenvalue weighted by molar-refractivity contribution is 5.95. The molecular weight excluding hydrogens is 226 g/mol. The number of carbonyl (C=O) groups is 2. The average Bonchev–Trinajstić information content (AvgIpc) is 2.67. The maximum atomic E-state index is 12.0. The van der Waals surface area contributed by atoms with Crippen LogP contribution in [0.2, 0.25) is 0 Å². The van der Waals surface area contributed by atoms with Crippen LogP contribution in [0, 0.1) is 0 Å². The first-order chi connectivity index (χ1) is 8.79. The second-order valence-electron chi connectivity index (χ2n) is 4.90. The van der Waals surface area contributed by atoms with Crippen molar-refractivity contribution in [2.45, 2.75) is 44.6 Å². The Balaban J connectivity index is 1.95. The summed E-state index contributed by atoms with van der Waals surface area (Å²) in [4.78, 5) is 22.6. The first-order valence-electron chi connectivity index (χ1n) is 6.66. The van der Waals surface area contributed by atoms with E-state index in [2.05, 4.69) is 5.32 Å². The lowest BCUT2D eigenvalue weighted by Gasteiger charge is -2.16. The Kier molecular flexibility index (Phi) is 4.51. The lowest BCUT2D eigenvalue weighted by Crippen LogP contribution is -2.34. The summed E-state index contributed by atoms with van der Waals surface area (Å²) in [6, 6.07) is 7.07. The van der Waals surface area contributed by atoms with E-state index in [1.807, 2.05) is 0 Å². The fraction of sp³-hybridized carbons (Fsp3) is 0.467. The zero-order chi connectivity index (χ0) is 12.8. The van der Waals surface area contributed by atoms with Crippen LogP contribution in [0.1, 0.15) is 59.2 Å². The number of amides is 1. The molecule has 3 nitrogen and oxygen atoms in total. The molecule has 0 spiro atoms. The Morgan fingerprint density at radius 3 is 2.22 bits per heavy atom. The molecule has 1 amide bonds. The molecule has 1 N–H and O–H groups in total. The Labute approximate surface area is 108 Å². The molecule has 18 heavy (non-hydrogen) atoms. The number of rotatable bonds is 3. The van der Waals surface area contributed by atoms with Crippen molar-refractivity contribution in [1.82, 2.24) is 5.32 Å². The summed E-state index contributed by atoms with van der Waals surface area (Å²) in [5.74, 6) is -0.0284. The van der Waals surface area contributed by atoms with E-state index in [1.165, 1.54) is 25.7 Å². The maximum Gasteiger partial charge on any atom is 0.251 e. The highest BCUT2D eigenvalue weighted by Crippen LogP contribution is 2.17. The van der Waals surface area contributed by atoms with Crippen LogP contribution in [0.15, 0.2) is 24.3 Å². The lowest BCUT2D eigenvalue weighted by atomic mass is 10.1. The van der Waals surface area contributed by atoms with Crippen molar-refractivity contribution in [3.8, 4) is 0 Å². The Morgan fingerprint density at radius 2 is 1.67 bits per heavy atom. The second kappa shape index (κ2) is 6.34. The van der Waals surface area contributed by atoms with Gasteiger partial charge in [-0.2, -0.15) is 0 Å². The molecule has 0 atom stereocenters. The van der Waals surface area contributed by atoms with Gasteiger partial charge in [0.1, 0.15) is 6.29 Å². The molecule has 1 aliphatic carbocycles. The van der Waals surface area contributed by atoms with Crippen molar-refractivity contribution in [3.05, 3.63) is 35.4 Å². The number of carbonyl (C=O) groups excluding carboxylic acids is 2. The summed E-state index contributed by atoms with van der Waals surface area (Å²) < 4.78 is 0. The fourth-order valence-electron chi connectivity index (χ4n) is 2.41. The predicted molar refractivity (Wildman–Crippen MR) is 70.8 cm³/mol. The molecule has 0 aliphatic heterocycles. The normalized spacial score (nSPS) is 16.9. The summed E-state index contributed by atoms with van der Waals surface area (Å²) in [6.07, 6.45) is 7.91. The smallest absolute Gasteiger partial charge is 0.251 e. The van der Waals surface area contributed by atoms with Gasteiger partial charge in [-0.3, -0.25) is 9.59 Å². The van der Waals surface area contributed by atoms with E-state index < -0.39 is 0 Å². The number of benzene rings is 1. The minimum absolute atomic E-state index is 0.0284. The maximum absolute atomic E-state index is 12.0. The quantitative estimate of drug-likeness (QED) is 0.657. The number of hydrogen-bond donors (Lipinski definition) is 1. The first kappa shape index (κ1) is 12.8. The van der Waals surface area contributed by atoms with Crippen LogP contribution < -0.4 is 5.32 Å². The van der Waals surface area contributed by atoms with Gasteiger partial charge < -0.3 is 5.32 Å². The summed E-state index contributed by atoms with van der Waals surface area (Å²) in [5.41, 5.74) is 1.23. The van der Waals surface area contributed by atoms with Crippen molar-refractivity contribution < 1.29 is 9.59 Å². The van der Waals surface area contributed by atoms with Crippen molar-refractivity contribution in [2.75, 3.05) is 0 Å². The van der Waals surface area contributed by atoms with Gasteiger partial charge >= 0.3 is 0 Å². The topological polar surface area (TPSA) is 46.2 Å². The average molecular weight is 245 g/mol. The van der Waals surface area contributed by atoms with E-state index in [4.69, 9.17) is 0 Å². The van der Waals surface area contributed by atoms with E-state index in [0.717, 1.165) is 19.1 Å². The molecule has 0 heterocycles. The minimum atomic E-state index is -0.0284. The molecule has 0 unspecified atom stereocenters. The van der Waals surface area contributed by atoms with Gasteiger partial charge in [0.15, 0.2) is 0 Å². The first-order valence-corrected chi connectivity index (χ1v) is 6.66. The van der Waals surface area contributed by atoms with Crippen LogP contribution in [0.3, 0.4) is 0 Å². The SMILES string of the molecule is O=Cc1ccc(C(=O)NC2CCCCCC2)cc1. The third-order valence-electron chi connectivity index (χ3n) is 3.50. The Morgan fingerprint density at radius 1 is 1.06 bits per heavy atom. The van der Waals surface area contributed by atoms with Gasteiger partial charge in [0.25, 0.3) is 5.91 Å². The summed E-state index contributed by atoms with van der Waals surface area (Å²) in [6.45, 7) is 0. The van der Waals surface area contributed by atoms with Crippen LogP contribution in [0.4, 0.5) is 0 Å². The van der Waals surface area contributed by atoms with Gasteiger partial charge in [0, 0.05) is 17.2 Å². The van der Waals surface area contributed by atoms with E-state index in [9.17, 15) is 9.59 Å². The lowest BCUT2D eigenvalue weighted by molar-refractivity contribution is 0.0932. The highest BCUT2D eigenvalue weighted by Gasteiger charge is 2.15. The van der Waals surface area contributed by atoms with Crippen molar-refractivity contribution in [3.63, 3.8) is 0 Å². The molecule has 0 saturated heterocycles. The second-order valence-corrected chi connectivity index (χ2v) is 4.90. The third-order valence-corrected chi connectivity index (χ3v) is 3.50. The fourth-order valence-corrected chi connectivity index (χ4v) is 2.41. The van der Waals surface area contributed by atoms with Crippen molar-refractivity contribution in [1.29, 1.82) is 0 Å². The van der Waals surface area contributed by atoms with Gasteiger partial charge in [-0.25, -0.2) is 0 Å². The van der Waals surface area contributed by atoms with Crippen LogP contribution >= 0.6 is 0 Å². The van der Waals surface area contributed by atoms with Crippen LogP contribution in [-0.2, 0) is 0 Å².